The van der Waals surface area contributed by atoms with E-state index in [-0.39, 0.29) is 46.3 Å². The Morgan fingerprint density at radius 3 is 2.74 bits per heavy atom. The molecule has 1 aliphatic heterocycles. The minimum Gasteiger partial charge on any atom is -0.351 e. The molecule has 1 aromatic heterocycles. The fraction of sp³-hybridized carbons (Fsp3) is 0.444. The van der Waals surface area contributed by atoms with Crippen LogP contribution in [0.15, 0.2) is 29.4 Å². The van der Waals surface area contributed by atoms with E-state index in [9.17, 15) is 22.4 Å². The second-order valence-electron chi connectivity index (χ2n) is 7.02. The number of hydrogen-bond donors (Lipinski definition) is 2. The summed E-state index contributed by atoms with van der Waals surface area (Å²) in [6, 6.07) is 5.58. The predicted octanol–water partition coefficient (Wildman–Crippen LogP) is 0.0419. The second kappa shape index (κ2) is 9.64. The number of sulfone groups is 1. The summed E-state index contributed by atoms with van der Waals surface area (Å²) in [4.78, 5) is 26.1. The molecule has 0 aliphatic carbocycles. The highest BCUT2D eigenvalue weighted by molar-refractivity contribution is 7.99. The molecule has 0 saturated carbocycles. The lowest BCUT2D eigenvalue weighted by molar-refractivity contribution is -0.134. The number of likely N-dealkylation sites (N-methyl/N-ethyl adjacent to an activating group) is 1. The second-order valence-corrected chi connectivity index (χ2v) is 10.2. The molecule has 10 nitrogen and oxygen atoms in total. The lowest BCUT2D eigenvalue weighted by Crippen LogP contribution is -2.45. The van der Waals surface area contributed by atoms with Gasteiger partial charge in [-0.15, -0.1) is 10.2 Å². The number of carbonyl (C=O) groups is 2. The van der Waals surface area contributed by atoms with Crippen LogP contribution >= 0.6 is 11.8 Å². The number of nitrogens with zero attached hydrogens (tertiary/aromatic N) is 4. The van der Waals surface area contributed by atoms with Gasteiger partial charge in [-0.05, 0) is 25.5 Å². The van der Waals surface area contributed by atoms with Crippen molar-refractivity contribution in [1.29, 1.82) is 0 Å². The van der Waals surface area contributed by atoms with Gasteiger partial charge in [-0.3, -0.25) is 9.59 Å². The number of carbonyl (C=O) groups excluding carboxylic acids is 2. The zero-order valence-electron chi connectivity index (χ0n) is 16.8. The van der Waals surface area contributed by atoms with Gasteiger partial charge >= 0.3 is 0 Å². The third-order valence-electron chi connectivity index (χ3n) is 4.77. The molecule has 1 saturated heterocycles. The van der Waals surface area contributed by atoms with Gasteiger partial charge in [0.15, 0.2) is 15.7 Å². The van der Waals surface area contributed by atoms with Crippen molar-refractivity contribution in [3.8, 4) is 11.4 Å². The monoisotopic (exact) mass is 470 g/mol. The van der Waals surface area contributed by atoms with Gasteiger partial charge in [-0.25, -0.2) is 17.5 Å². The number of nitrogens with two attached hydrogens (primary N) is 1. The molecule has 2 amide bonds. The molecule has 3 rings (SSSR count). The molecule has 0 bridgehead atoms. The van der Waals surface area contributed by atoms with Crippen LogP contribution in [0.5, 0.6) is 0 Å². The summed E-state index contributed by atoms with van der Waals surface area (Å²) in [5, 5.41) is 10.7. The number of amides is 2. The van der Waals surface area contributed by atoms with E-state index in [0.29, 0.717) is 13.0 Å². The standard InChI is InChI=1S/C18H23FN6O4S2/c1-2-24(9-15(26)21-12-7-8-31(28,29)11-12)16(27)10-30-18-23-22-17(25(18)20)13-5-3-4-6-14(13)19/h3-6,12H,2,7-11,20H2,1H3,(H,21,26). The Morgan fingerprint density at radius 2 is 2.10 bits per heavy atom. The minimum atomic E-state index is -3.10. The highest BCUT2D eigenvalue weighted by Crippen LogP contribution is 2.23. The molecule has 3 N–H and O–H groups in total. The van der Waals surface area contributed by atoms with Crippen LogP contribution in [0.4, 0.5) is 4.39 Å². The third-order valence-corrected chi connectivity index (χ3v) is 7.47. The van der Waals surface area contributed by atoms with Crippen molar-refractivity contribution < 1.29 is 22.4 Å². The van der Waals surface area contributed by atoms with E-state index in [4.69, 9.17) is 5.84 Å². The maximum absolute atomic E-state index is 14.0. The molecule has 0 spiro atoms. The molecule has 1 aliphatic rings. The smallest absolute Gasteiger partial charge is 0.239 e. The first-order valence-electron chi connectivity index (χ1n) is 9.56. The van der Waals surface area contributed by atoms with Crippen molar-refractivity contribution in [3.05, 3.63) is 30.1 Å². The summed E-state index contributed by atoms with van der Waals surface area (Å²) in [5.74, 6) is 4.79. The van der Waals surface area contributed by atoms with Crippen molar-refractivity contribution in [2.45, 2.75) is 24.5 Å². The Balaban J connectivity index is 1.56. The van der Waals surface area contributed by atoms with E-state index in [1.54, 1.807) is 19.1 Å². The molecular weight excluding hydrogens is 447 g/mol. The van der Waals surface area contributed by atoms with Gasteiger partial charge in [0.25, 0.3) is 0 Å². The highest BCUT2D eigenvalue weighted by Gasteiger charge is 2.29. The summed E-state index contributed by atoms with van der Waals surface area (Å²) >= 11 is 1.02. The van der Waals surface area contributed by atoms with Gasteiger partial charge in [-0.1, -0.05) is 23.9 Å². The van der Waals surface area contributed by atoms with Crippen LogP contribution < -0.4 is 11.2 Å². The largest absolute Gasteiger partial charge is 0.351 e. The first-order valence-corrected chi connectivity index (χ1v) is 12.4. The van der Waals surface area contributed by atoms with Gasteiger partial charge in [0.05, 0.1) is 29.4 Å². The fourth-order valence-corrected chi connectivity index (χ4v) is 5.58. The number of nitrogens with one attached hydrogen (secondary N) is 1. The number of aromatic nitrogens is 3. The van der Waals surface area contributed by atoms with Gasteiger partial charge in [-0.2, -0.15) is 0 Å². The molecule has 31 heavy (non-hydrogen) atoms. The fourth-order valence-electron chi connectivity index (χ4n) is 3.15. The average molecular weight is 471 g/mol. The summed E-state index contributed by atoms with van der Waals surface area (Å²) in [5.41, 5.74) is 0.191. The van der Waals surface area contributed by atoms with Gasteiger partial charge in [0, 0.05) is 12.6 Å². The minimum absolute atomic E-state index is 0.0501. The highest BCUT2D eigenvalue weighted by atomic mass is 32.2. The number of benzene rings is 1. The van der Waals surface area contributed by atoms with E-state index in [0.717, 1.165) is 16.4 Å². The lowest BCUT2D eigenvalue weighted by Gasteiger charge is -2.21. The molecule has 168 valence electrons. The molecule has 1 atom stereocenters. The summed E-state index contributed by atoms with van der Waals surface area (Å²) in [7, 11) is -3.10. The van der Waals surface area contributed by atoms with E-state index in [1.807, 2.05) is 0 Å². The predicted molar refractivity (Wildman–Crippen MR) is 114 cm³/mol. The van der Waals surface area contributed by atoms with Crippen molar-refractivity contribution in [1.82, 2.24) is 25.1 Å². The van der Waals surface area contributed by atoms with Crippen LogP contribution in [-0.4, -0.2) is 76.4 Å². The molecule has 13 heteroatoms. The van der Waals surface area contributed by atoms with Crippen LogP contribution in [0, 0.1) is 5.82 Å². The van der Waals surface area contributed by atoms with Crippen LogP contribution in [0.2, 0.25) is 0 Å². The van der Waals surface area contributed by atoms with E-state index in [1.165, 1.54) is 17.0 Å². The van der Waals surface area contributed by atoms with Crippen molar-refractivity contribution in [2.75, 3.05) is 36.2 Å². The molecule has 1 fully saturated rings. The average Bonchev–Trinajstić information content (AvgIpc) is 3.25. The maximum Gasteiger partial charge on any atom is 0.239 e. The number of nitrogen functional groups attached to an aromatic ring is 1. The van der Waals surface area contributed by atoms with Crippen LogP contribution in [0.1, 0.15) is 13.3 Å². The Hall–Kier alpha value is -2.67. The van der Waals surface area contributed by atoms with Crippen molar-refractivity contribution >= 4 is 33.4 Å². The summed E-state index contributed by atoms with van der Waals surface area (Å²) in [6.45, 7) is 1.85. The van der Waals surface area contributed by atoms with Gasteiger partial charge in [0.1, 0.15) is 5.82 Å². The van der Waals surface area contributed by atoms with Gasteiger partial charge in [0.2, 0.25) is 17.0 Å². The van der Waals surface area contributed by atoms with E-state index in [2.05, 4.69) is 15.5 Å². The molecule has 2 heterocycles. The molecule has 1 aromatic carbocycles. The summed E-state index contributed by atoms with van der Waals surface area (Å²) in [6.07, 6.45) is 0.375. The first kappa shape index (κ1) is 23.0. The maximum atomic E-state index is 14.0. The Morgan fingerprint density at radius 1 is 1.35 bits per heavy atom. The van der Waals surface area contributed by atoms with Crippen molar-refractivity contribution in [2.24, 2.45) is 0 Å². The number of halogens is 1. The summed E-state index contributed by atoms with van der Waals surface area (Å²) < 4.78 is 38.1. The molecule has 0 radical (unpaired) electrons. The Kier molecular flexibility index (Phi) is 7.15. The molecule has 2 aromatic rings. The van der Waals surface area contributed by atoms with Crippen LogP contribution in [0.25, 0.3) is 11.4 Å². The Labute approximate surface area is 183 Å². The lowest BCUT2D eigenvalue weighted by atomic mass is 10.2. The topological polar surface area (TPSA) is 140 Å². The number of thioether (sulfide) groups is 1. The SMILES string of the molecule is CCN(CC(=O)NC1CCS(=O)(=O)C1)C(=O)CSc1nnc(-c2ccccc2F)n1N. The Bertz CT molecular complexity index is 1070. The molecular formula is C18H23FN6O4S2. The normalized spacial score (nSPS) is 17.4. The van der Waals surface area contributed by atoms with Crippen LogP contribution in [0.3, 0.4) is 0 Å². The number of hydrogen-bond acceptors (Lipinski definition) is 8. The van der Waals surface area contributed by atoms with E-state index >= 15 is 0 Å². The van der Waals surface area contributed by atoms with Crippen molar-refractivity contribution in [3.63, 3.8) is 0 Å². The zero-order valence-corrected chi connectivity index (χ0v) is 18.5. The van der Waals surface area contributed by atoms with Gasteiger partial charge < -0.3 is 16.1 Å². The molecule has 1 unspecified atom stereocenters. The first-order chi connectivity index (χ1) is 14.7. The quantitative estimate of drug-likeness (QED) is 0.407. The number of rotatable bonds is 8. The van der Waals surface area contributed by atoms with Crippen LogP contribution in [-0.2, 0) is 19.4 Å². The zero-order chi connectivity index (χ0) is 22.6. The van der Waals surface area contributed by atoms with E-state index < -0.39 is 27.6 Å². The third kappa shape index (κ3) is 5.73.